The van der Waals surface area contributed by atoms with Gasteiger partial charge in [-0.2, -0.15) is 5.10 Å². The molecule has 0 spiro atoms. The van der Waals surface area contributed by atoms with Gasteiger partial charge in [-0.15, -0.1) is 0 Å². The van der Waals surface area contributed by atoms with E-state index in [1.165, 1.54) is 23.2 Å². The number of rotatable bonds is 4. The van der Waals surface area contributed by atoms with Crippen LogP contribution in [0.3, 0.4) is 0 Å². The molecule has 1 amide bonds. The molecule has 0 unspecified atom stereocenters. The van der Waals surface area contributed by atoms with Crippen molar-refractivity contribution in [3.05, 3.63) is 70.1 Å². The molecule has 0 aliphatic carbocycles. The Balaban J connectivity index is 1.66. The molecule has 4 rings (SSSR count). The number of aryl methyl sites for hydroxylation is 1. The highest BCUT2D eigenvalue weighted by atomic mass is 16.2. The second-order valence-corrected chi connectivity index (χ2v) is 7.31. The molecule has 1 aromatic heterocycles. The summed E-state index contributed by atoms with van der Waals surface area (Å²) < 4.78 is 1.24. The Labute approximate surface area is 164 Å². The standard InChI is InChI=1S/C22H24N4O2/c1-24(15-16-9-3-6-12-19(16)26-13-7-8-14-26)22(28)20-17-10-4-5-11-18(17)21(27)25(2)23-20/h3-6,9-12H,7-8,13-15H2,1-2H3. The quantitative estimate of drug-likeness (QED) is 0.703. The van der Waals surface area contributed by atoms with Gasteiger partial charge in [0, 0.05) is 44.8 Å². The van der Waals surface area contributed by atoms with Gasteiger partial charge in [0.15, 0.2) is 5.69 Å². The van der Waals surface area contributed by atoms with Crippen LogP contribution in [0.2, 0.25) is 0 Å². The minimum atomic E-state index is -0.200. The first-order valence-electron chi connectivity index (χ1n) is 9.60. The summed E-state index contributed by atoms with van der Waals surface area (Å²) in [6.45, 7) is 2.60. The zero-order valence-electron chi connectivity index (χ0n) is 16.3. The lowest BCUT2D eigenvalue weighted by Gasteiger charge is -2.24. The largest absolute Gasteiger partial charge is 0.371 e. The summed E-state index contributed by atoms with van der Waals surface area (Å²) in [5, 5.41) is 5.37. The van der Waals surface area contributed by atoms with Crippen molar-refractivity contribution in [2.24, 2.45) is 7.05 Å². The van der Waals surface area contributed by atoms with Gasteiger partial charge >= 0.3 is 0 Å². The van der Waals surface area contributed by atoms with Crippen LogP contribution >= 0.6 is 0 Å². The van der Waals surface area contributed by atoms with E-state index in [4.69, 9.17) is 0 Å². The van der Waals surface area contributed by atoms with E-state index in [0.29, 0.717) is 23.0 Å². The minimum Gasteiger partial charge on any atom is -0.371 e. The summed E-state index contributed by atoms with van der Waals surface area (Å²) >= 11 is 0. The van der Waals surface area contributed by atoms with Crippen LogP contribution in [0.15, 0.2) is 53.3 Å². The van der Waals surface area contributed by atoms with Gasteiger partial charge in [-0.05, 0) is 30.5 Å². The molecule has 2 aromatic carbocycles. The molecule has 2 heterocycles. The first-order chi connectivity index (χ1) is 13.6. The van der Waals surface area contributed by atoms with Crippen molar-refractivity contribution in [3.63, 3.8) is 0 Å². The number of anilines is 1. The summed E-state index contributed by atoms with van der Waals surface area (Å²) in [7, 11) is 3.36. The van der Waals surface area contributed by atoms with Crippen molar-refractivity contribution in [3.8, 4) is 0 Å². The van der Waals surface area contributed by atoms with Crippen LogP contribution in [-0.2, 0) is 13.6 Å². The van der Waals surface area contributed by atoms with E-state index in [9.17, 15) is 9.59 Å². The number of hydrogen-bond acceptors (Lipinski definition) is 4. The number of carbonyl (C=O) groups is 1. The van der Waals surface area contributed by atoms with Crippen molar-refractivity contribution in [2.45, 2.75) is 19.4 Å². The molecule has 0 atom stereocenters. The predicted octanol–water partition coefficient (Wildman–Crippen LogP) is 2.81. The van der Waals surface area contributed by atoms with Gasteiger partial charge in [0.25, 0.3) is 11.5 Å². The fraction of sp³-hybridized carbons (Fsp3) is 0.318. The smallest absolute Gasteiger partial charge is 0.274 e. The highest BCUT2D eigenvalue weighted by Gasteiger charge is 2.21. The van der Waals surface area contributed by atoms with Crippen LogP contribution in [0.25, 0.3) is 10.8 Å². The first-order valence-corrected chi connectivity index (χ1v) is 9.60. The highest BCUT2D eigenvalue weighted by Crippen LogP contribution is 2.26. The SMILES string of the molecule is CN(Cc1ccccc1N1CCCC1)C(=O)c1nn(C)c(=O)c2ccccc12. The van der Waals surface area contributed by atoms with Gasteiger partial charge in [-0.25, -0.2) is 4.68 Å². The van der Waals surface area contributed by atoms with Crippen LogP contribution < -0.4 is 10.5 Å². The number of aromatic nitrogens is 2. The van der Waals surface area contributed by atoms with Crippen LogP contribution in [0, 0.1) is 0 Å². The predicted molar refractivity (Wildman–Crippen MR) is 111 cm³/mol. The van der Waals surface area contributed by atoms with E-state index in [0.717, 1.165) is 18.7 Å². The molecule has 1 fully saturated rings. The monoisotopic (exact) mass is 376 g/mol. The number of nitrogens with zero attached hydrogens (tertiary/aromatic N) is 4. The van der Waals surface area contributed by atoms with Crippen molar-refractivity contribution >= 4 is 22.4 Å². The number of benzene rings is 2. The van der Waals surface area contributed by atoms with Crippen molar-refractivity contribution in [1.82, 2.24) is 14.7 Å². The van der Waals surface area contributed by atoms with Crippen LogP contribution in [0.4, 0.5) is 5.69 Å². The van der Waals surface area contributed by atoms with Gasteiger partial charge in [0.2, 0.25) is 0 Å². The second-order valence-electron chi connectivity index (χ2n) is 7.31. The summed E-state index contributed by atoms with van der Waals surface area (Å²) in [4.78, 5) is 29.6. The van der Waals surface area contributed by atoms with Gasteiger partial charge in [0.05, 0.1) is 5.39 Å². The Kier molecular flexibility index (Phi) is 4.86. The third-order valence-corrected chi connectivity index (χ3v) is 5.35. The van der Waals surface area contributed by atoms with Crippen molar-refractivity contribution in [1.29, 1.82) is 0 Å². The summed E-state index contributed by atoms with van der Waals surface area (Å²) in [5.74, 6) is -0.192. The van der Waals surface area contributed by atoms with Gasteiger partial charge in [0.1, 0.15) is 0 Å². The maximum Gasteiger partial charge on any atom is 0.274 e. The lowest BCUT2D eigenvalue weighted by molar-refractivity contribution is 0.0779. The molecule has 1 aliphatic rings. The van der Waals surface area contributed by atoms with E-state index >= 15 is 0 Å². The van der Waals surface area contributed by atoms with Crippen LogP contribution in [-0.4, -0.2) is 40.7 Å². The van der Waals surface area contributed by atoms with Crippen molar-refractivity contribution in [2.75, 3.05) is 25.0 Å². The summed E-state index contributed by atoms with van der Waals surface area (Å²) in [6.07, 6.45) is 2.41. The van der Waals surface area contributed by atoms with E-state index < -0.39 is 0 Å². The van der Waals surface area contributed by atoms with E-state index in [-0.39, 0.29) is 11.5 Å². The number of para-hydroxylation sites is 1. The molecule has 0 radical (unpaired) electrons. The Bertz CT molecular complexity index is 1080. The normalized spacial score (nSPS) is 13.9. The number of fused-ring (bicyclic) bond motifs is 1. The molecule has 0 saturated carbocycles. The van der Waals surface area contributed by atoms with Crippen LogP contribution in [0.1, 0.15) is 28.9 Å². The lowest BCUT2D eigenvalue weighted by atomic mass is 10.1. The molecule has 6 nitrogen and oxygen atoms in total. The zero-order valence-corrected chi connectivity index (χ0v) is 16.3. The third kappa shape index (κ3) is 3.26. The average Bonchev–Trinajstić information content (AvgIpc) is 3.25. The average molecular weight is 376 g/mol. The van der Waals surface area contributed by atoms with Crippen molar-refractivity contribution < 1.29 is 4.79 Å². The van der Waals surface area contributed by atoms with Gasteiger partial charge in [-0.1, -0.05) is 36.4 Å². The maximum absolute atomic E-state index is 13.2. The first kappa shape index (κ1) is 18.2. The Morgan fingerprint density at radius 2 is 1.68 bits per heavy atom. The molecule has 3 aromatic rings. The zero-order chi connectivity index (χ0) is 19.7. The molecule has 6 heteroatoms. The Morgan fingerprint density at radius 1 is 1.04 bits per heavy atom. The van der Waals surface area contributed by atoms with Gasteiger partial charge < -0.3 is 9.80 Å². The fourth-order valence-electron chi connectivity index (χ4n) is 3.88. The molecule has 0 bridgehead atoms. The maximum atomic E-state index is 13.2. The highest BCUT2D eigenvalue weighted by molar-refractivity contribution is 6.04. The molecular formula is C22H24N4O2. The molecule has 1 aliphatic heterocycles. The number of amides is 1. The molecule has 144 valence electrons. The Morgan fingerprint density at radius 3 is 2.43 bits per heavy atom. The van der Waals surface area contributed by atoms with E-state index in [1.807, 2.05) is 18.2 Å². The van der Waals surface area contributed by atoms with E-state index in [1.54, 1.807) is 37.2 Å². The summed E-state index contributed by atoms with van der Waals surface area (Å²) in [6, 6.07) is 15.4. The lowest BCUT2D eigenvalue weighted by Crippen LogP contribution is -2.31. The van der Waals surface area contributed by atoms with Crippen LogP contribution in [0.5, 0.6) is 0 Å². The fourth-order valence-corrected chi connectivity index (χ4v) is 3.88. The third-order valence-electron chi connectivity index (χ3n) is 5.35. The minimum absolute atomic E-state index is 0.192. The molecule has 0 N–H and O–H groups in total. The topological polar surface area (TPSA) is 58.4 Å². The molecule has 28 heavy (non-hydrogen) atoms. The molecular weight excluding hydrogens is 352 g/mol. The number of hydrogen-bond donors (Lipinski definition) is 0. The second kappa shape index (κ2) is 7.46. The molecule has 1 saturated heterocycles. The number of carbonyl (C=O) groups excluding carboxylic acids is 1. The van der Waals surface area contributed by atoms with Gasteiger partial charge in [-0.3, -0.25) is 9.59 Å². The van der Waals surface area contributed by atoms with E-state index in [2.05, 4.69) is 22.1 Å². The summed E-state index contributed by atoms with van der Waals surface area (Å²) in [5.41, 5.74) is 2.42. The Hall–Kier alpha value is -3.15.